The van der Waals surface area contributed by atoms with Crippen LogP contribution < -0.4 is 10.1 Å². The van der Waals surface area contributed by atoms with Gasteiger partial charge in [-0.05, 0) is 23.6 Å². The largest absolute Gasteiger partial charge is 0.492 e. The maximum atomic E-state index is 12.0. The Hall–Kier alpha value is -1.85. The van der Waals surface area contributed by atoms with Crippen molar-refractivity contribution in [1.82, 2.24) is 20.0 Å². The number of guanidine groups is 1. The molecule has 170 valence electrons. The van der Waals surface area contributed by atoms with Crippen molar-refractivity contribution in [2.24, 2.45) is 4.99 Å². The lowest BCUT2D eigenvalue weighted by atomic mass is 10.3. The second-order valence-electron chi connectivity index (χ2n) is 7.35. The first-order valence-electron chi connectivity index (χ1n) is 10.3. The predicted molar refractivity (Wildman–Crippen MR) is 138 cm³/mol. The molecular formula is C22H32IN5O2S. The lowest BCUT2D eigenvalue weighted by Gasteiger charge is -2.36. The molecule has 1 aromatic carbocycles. The highest BCUT2D eigenvalue weighted by Crippen LogP contribution is 2.10. The van der Waals surface area contributed by atoms with Gasteiger partial charge < -0.3 is 19.9 Å². The first-order chi connectivity index (χ1) is 14.6. The lowest BCUT2D eigenvalue weighted by molar-refractivity contribution is -0.127. The number of benzene rings is 1. The standard InChI is InChI=1S/C22H31N5O2S.HI/c1-25(2)21(28)18-24-22(23-17-20-9-6-16-30-20)27-12-10-26(11-13-27)14-15-29-19-7-4-3-5-8-19;/h3-9,16H,10-15,17-18H2,1-2H3,(H,23,24);1H. The van der Waals surface area contributed by atoms with Crippen LogP contribution in [0.4, 0.5) is 0 Å². The van der Waals surface area contributed by atoms with Gasteiger partial charge in [-0.2, -0.15) is 0 Å². The summed E-state index contributed by atoms with van der Waals surface area (Å²) < 4.78 is 5.82. The van der Waals surface area contributed by atoms with Crippen LogP contribution in [0.5, 0.6) is 5.75 Å². The van der Waals surface area contributed by atoms with E-state index in [-0.39, 0.29) is 36.4 Å². The quantitative estimate of drug-likeness (QED) is 0.307. The average Bonchev–Trinajstić information content (AvgIpc) is 3.28. The number of halogens is 1. The SMILES string of the molecule is CN(C)C(=O)CN=C(NCc1cccs1)N1CCN(CCOc2ccccc2)CC1.I. The molecule has 31 heavy (non-hydrogen) atoms. The molecule has 9 heteroatoms. The molecule has 1 aliphatic heterocycles. The fraction of sp³-hybridized carbons (Fsp3) is 0.455. The molecule has 7 nitrogen and oxygen atoms in total. The number of amides is 1. The maximum absolute atomic E-state index is 12.0. The minimum atomic E-state index is 0. The second-order valence-corrected chi connectivity index (χ2v) is 8.38. The highest BCUT2D eigenvalue weighted by Gasteiger charge is 2.20. The average molecular weight is 558 g/mol. The van der Waals surface area contributed by atoms with Crippen LogP contribution >= 0.6 is 35.3 Å². The minimum absolute atomic E-state index is 0. The monoisotopic (exact) mass is 557 g/mol. The van der Waals surface area contributed by atoms with Crippen LogP contribution in [0.1, 0.15) is 4.88 Å². The second kappa shape index (κ2) is 13.5. The molecule has 0 aliphatic carbocycles. The molecule has 1 amide bonds. The summed E-state index contributed by atoms with van der Waals surface area (Å²) in [6.45, 7) is 6.09. The number of hydrogen-bond acceptors (Lipinski definition) is 5. The number of aliphatic imine (C=N–C) groups is 1. The van der Waals surface area contributed by atoms with Crippen molar-refractivity contribution in [1.29, 1.82) is 0 Å². The number of piperazine rings is 1. The van der Waals surface area contributed by atoms with E-state index in [0.717, 1.165) is 51.0 Å². The van der Waals surface area contributed by atoms with Crippen LogP contribution in [0.25, 0.3) is 0 Å². The van der Waals surface area contributed by atoms with E-state index in [0.29, 0.717) is 6.61 Å². The molecule has 3 rings (SSSR count). The van der Waals surface area contributed by atoms with Gasteiger partial charge in [-0.3, -0.25) is 9.69 Å². The molecule has 2 aromatic rings. The first kappa shape index (κ1) is 25.4. The summed E-state index contributed by atoms with van der Waals surface area (Å²) in [4.78, 5) is 24.1. The van der Waals surface area contributed by atoms with E-state index < -0.39 is 0 Å². The topological polar surface area (TPSA) is 60.4 Å². The molecule has 0 saturated carbocycles. The number of nitrogens with zero attached hydrogens (tertiary/aromatic N) is 4. The van der Waals surface area contributed by atoms with E-state index in [9.17, 15) is 4.79 Å². The third-order valence-electron chi connectivity index (χ3n) is 4.95. The van der Waals surface area contributed by atoms with Crippen LogP contribution in [0, 0.1) is 0 Å². The van der Waals surface area contributed by atoms with Crippen molar-refractivity contribution in [3.8, 4) is 5.75 Å². The van der Waals surface area contributed by atoms with Crippen molar-refractivity contribution >= 4 is 47.2 Å². The van der Waals surface area contributed by atoms with Gasteiger partial charge in [-0.1, -0.05) is 24.3 Å². The molecule has 1 aliphatic rings. The number of thiophene rings is 1. The molecule has 1 fully saturated rings. The van der Waals surface area contributed by atoms with Gasteiger partial charge in [0.1, 0.15) is 18.9 Å². The molecule has 2 heterocycles. The third kappa shape index (κ3) is 8.66. The van der Waals surface area contributed by atoms with Crippen LogP contribution in [0.3, 0.4) is 0 Å². The molecular weight excluding hydrogens is 525 g/mol. The van der Waals surface area contributed by atoms with Gasteiger partial charge in [0.05, 0.1) is 6.54 Å². The Kier molecular flexibility index (Phi) is 11.1. The third-order valence-corrected chi connectivity index (χ3v) is 5.83. The summed E-state index contributed by atoms with van der Waals surface area (Å²) in [6.07, 6.45) is 0. The van der Waals surface area contributed by atoms with Gasteiger partial charge >= 0.3 is 0 Å². The van der Waals surface area contributed by atoms with Crippen LogP contribution in [-0.4, -0.2) is 86.5 Å². The normalized spacial score (nSPS) is 14.6. The number of ether oxygens (including phenoxy) is 1. The zero-order valence-corrected chi connectivity index (χ0v) is 21.3. The van der Waals surface area contributed by atoms with E-state index in [1.54, 1.807) is 30.3 Å². The van der Waals surface area contributed by atoms with Gasteiger partial charge in [-0.15, -0.1) is 35.3 Å². The summed E-state index contributed by atoms with van der Waals surface area (Å²) in [6, 6.07) is 14.1. The Bertz CT molecular complexity index is 793. The minimum Gasteiger partial charge on any atom is -0.492 e. The number of para-hydroxylation sites is 1. The Balaban J connectivity index is 0.00000341. The highest BCUT2D eigenvalue weighted by molar-refractivity contribution is 14.0. The fourth-order valence-corrected chi connectivity index (χ4v) is 3.77. The lowest BCUT2D eigenvalue weighted by Crippen LogP contribution is -2.53. The molecule has 1 N–H and O–H groups in total. The van der Waals surface area contributed by atoms with E-state index in [1.165, 1.54) is 4.88 Å². The number of carbonyl (C=O) groups excluding carboxylic acids is 1. The van der Waals surface area contributed by atoms with Crippen molar-refractivity contribution < 1.29 is 9.53 Å². The molecule has 0 spiro atoms. The van der Waals surface area contributed by atoms with Crippen LogP contribution in [0.15, 0.2) is 52.8 Å². The molecule has 0 unspecified atom stereocenters. The number of carbonyl (C=O) groups is 1. The Morgan fingerprint density at radius 1 is 1.13 bits per heavy atom. The molecule has 0 radical (unpaired) electrons. The van der Waals surface area contributed by atoms with Gasteiger partial charge in [0.15, 0.2) is 5.96 Å². The summed E-state index contributed by atoms with van der Waals surface area (Å²) in [5.41, 5.74) is 0. The number of nitrogens with one attached hydrogen (secondary N) is 1. The van der Waals surface area contributed by atoms with Gasteiger partial charge in [0.25, 0.3) is 0 Å². The molecule has 1 aromatic heterocycles. The Labute approximate surface area is 206 Å². The number of rotatable bonds is 8. The Morgan fingerprint density at radius 3 is 2.52 bits per heavy atom. The van der Waals surface area contributed by atoms with Gasteiger partial charge in [-0.25, -0.2) is 4.99 Å². The summed E-state index contributed by atoms with van der Waals surface area (Å²) in [5.74, 6) is 1.72. The molecule has 1 saturated heterocycles. The molecule has 0 atom stereocenters. The smallest absolute Gasteiger partial charge is 0.243 e. The van der Waals surface area contributed by atoms with Crippen molar-refractivity contribution in [3.63, 3.8) is 0 Å². The van der Waals surface area contributed by atoms with Crippen LogP contribution in [0.2, 0.25) is 0 Å². The Morgan fingerprint density at radius 2 is 1.87 bits per heavy atom. The van der Waals surface area contributed by atoms with E-state index in [1.807, 2.05) is 36.4 Å². The maximum Gasteiger partial charge on any atom is 0.243 e. The van der Waals surface area contributed by atoms with Gasteiger partial charge in [0.2, 0.25) is 5.91 Å². The predicted octanol–water partition coefficient (Wildman–Crippen LogP) is 2.60. The van der Waals surface area contributed by atoms with Crippen molar-refractivity contribution in [2.45, 2.75) is 6.54 Å². The van der Waals surface area contributed by atoms with E-state index >= 15 is 0 Å². The van der Waals surface area contributed by atoms with Crippen LogP contribution in [-0.2, 0) is 11.3 Å². The molecule has 0 bridgehead atoms. The van der Waals surface area contributed by atoms with Crippen molar-refractivity contribution in [3.05, 3.63) is 52.7 Å². The highest BCUT2D eigenvalue weighted by atomic mass is 127. The van der Waals surface area contributed by atoms with E-state index in [4.69, 9.17) is 4.74 Å². The van der Waals surface area contributed by atoms with Gasteiger partial charge in [0, 0.05) is 51.7 Å². The number of hydrogen-bond donors (Lipinski definition) is 1. The zero-order valence-electron chi connectivity index (χ0n) is 18.2. The van der Waals surface area contributed by atoms with E-state index in [2.05, 4.69) is 31.6 Å². The number of likely N-dealkylation sites (N-methyl/N-ethyl adjacent to an activating group) is 1. The fourth-order valence-electron chi connectivity index (χ4n) is 3.12. The summed E-state index contributed by atoms with van der Waals surface area (Å²) >= 11 is 1.72. The summed E-state index contributed by atoms with van der Waals surface area (Å²) in [5, 5.41) is 5.51. The summed E-state index contributed by atoms with van der Waals surface area (Å²) in [7, 11) is 3.51. The zero-order chi connectivity index (χ0) is 21.2. The van der Waals surface area contributed by atoms with Crippen molar-refractivity contribution in [2.75, 3.05) is 60.0 Å². The first-order valence-corrected chi connectivity index (χ1v) is 11.2.